The number of imidazole rings is 1. The Balaban J connectivity index is 2.13. The Morgan fingerprint density at radius 2 is 1.83 bits per heavy atom. The fourth-order valence-corrected chi connectivity index (χ4v) is 2.91. The minimum Gasteiger partial charge on any atom is -0.494 e. The van der Waals surface area contributed by atoms with Gasteiger partial charge in [0.25, 0.3) is 0 Å². The third-order valence-corrected chi connectivity index (χ3v) is 3.98. The van der Waals surface area contributed by atoms with Gasteiger partial charge in [0.15, 0.2) is 0 Å². The van der Waals surface area contributed by atoms with E-state index in [4.69, 9.17) is 9.72 Å². The van der Waals surface area contributed by atoms with Gasteiger partial charge in [-0.1, -0.05) is 0 Å². The second-order valence-electron chi connectivity index (χ2n) is 6.72. The summed E-state index contributed by atoms with van der Waals surface area (Å²) >= 11 is 3.55. The third kappa shape index (κ3) is 3.56. The van der Waals surface area contributed by atoms with E-state index in [1.54, 1.807) is 0 Å². The summed E-state index contributed by atoms with van der Waals surface area (Å²) in [5.74, 6) is 1.86. The van der Waals surface area contributed by atoms with Crippen LogP contribution < -0.4 is 10.1 Å². The highest BCUT2D eigenvalue weighted by Crippen LogP contribution is 2.32. The van der Waals surface area contributed by atoms with Crippen LogP contribution in [0.15, 0.2) is 47.1 Å². The van der Waals surface area contributed by atoms with E-state index in [0.717, 1.165) is 32.9 Å². The molecule has 0 aliphatic carbocycles. The second-order valence-corrected chi connectivity index (χ2v) is 7.63. The minimum absolute atomic E-state index is 0.0711. The lowest BCUT2D eigenvalue weighted by atomic mass is 10.1. The molecule has 0 aliphatic heterocycles. The van der Waals surface area contributed by atoms with Crippen molar-refractivity contribution in [2.75, 3.05) is 11.9 Å². The molecule has 2 heterocycles. The van der Waals surface area contributed by atoms with Gasteiger partial charge in [-0.25, -0.2) is 4.98 Å². The van der Waals surface area contributed by atoms with Gasteiger partial charge in [-0.2, -0.15) is 0 Å². The highest BCUT2D eigenvalue weighted by Gasteiger charge is 2.19. The lowest BCUT2D eigenvalue weighted by molar-refractivity contribution is 0.340. The molecule has 0 amide bonds. The number of nitrogens with one attached hydrogen (secondary N) is 1. The van der Waals surface area contributed by atoms with Crippen LogP contribution in [0.3, 0.4) is 0 Å². The Labute approximate surface area is 151 Å². The quantitative estimate of drug-likeness (QED) is 0.653. The molecule has 0 bridgehead atoms. The Hall–Kier alpha value is -2.01. The number of halogens is 1. The van der Waals surface area contributed by atoms with Crippen LogP contribution in [0.2, 0.25) is 0 Å². The van der Waals surface area contributed by atoms with E-state index in [9.17, 15) is 0 Å². The molecule has 0 fully saturated rings. The van der Waals surface area contributed by atoms with Crippen molar-refractivity contribution in [2.45, 2.75) is 33.2 Å². The molecule has 0 atom stereocenters. The third-order valence-electron chi connectivity index (χ3n) is 3.51. The predicted molar refractivity (Wildman–Crippen MR) is 103 cm³/mol. The van der Waals surface area contributed by atoms with Gasteiger partial charge in [0.2, 0.25) is 0 Å². The highest BCUT2D eigenvalue weighted by molar-refractivity contribution is 9.10. The largest absolute Gasteiger partial charge is 0.494 e. The zero-order valence-electron chi connectivity index (χ0n) is 14.4. The van der Waals surface area contributed by atoms with E-state index < -0.39 is 0 Å². The van der Waals surface area contributed by atoms with Gasteiger partial charge >= 0.3 is 0 Å². The van der Waals surface area contributed by atoms with Gasteiger partial charge in [0.1, 0.15) is 22.9 Å². The molecule has 0 saturated heterocycles. The standard InChI is InChI=1S/C19H22BrN3O/c1-5-24-15-9-6-13(7-10-15)17-18(22-19(2,3)4)23-12-14(20)8-11-16(23)21-17/h6-12,22H,5H2,1-4H3. The zero-order chi connectivity index (χ0) is 17.3. The normalized spacial score (nSPS) is 11.7. The molecule has 5 heteroatoms. The monoisotopic (exact) mass is 387 g/mol. The number of ether oxygens (including phenoxy) is 1. The van der Waals surface area contributed by atoms with Crippen LogP contribution in [0.25, 0.3) is 16.9 Å². The van der Waals surface area contributed by atoms with E-state index in [-0.39, 0.29) is 5.54 Å². The summed E-state index contributed by atoms with van der Waals surface area (Å²) in [6.45, 7) is 9.09. The Kier molecular flexibility index (Phi) is 4.54. The number of pyridine rings is 1. The molecule has 4 nitrogen and oxygen atoms in total. The molecule has 3 aromatic rings. The van der Waals surface area contributed by atoms with E-state index in [2.05, 4.69) is 58.6 Å². The minimum atomic E-state index is -0.0711. The van der Waals surface area contributed by atoms with E-state index in [0.29, 0.717) is 6.61 Å². The van der Waals surface area contributed by atoms with Gasteiger partial charge in [-0.15, -0.1) is 0 Å². The molecule has 126 valence electrons. The zero-order valence-corrected chi connectivity index (χ0v) is 16.0. The van der Waals surface area contributed by atoms with Crippen molar-refractivity contribution >= 4 is 27.4 Å². The molecule has 0 unspecified atom stereocenters. The second kappa shape index (κ2) is 6.48. The summed E-state index contributed by atoms with van der Waals surface area (Å²) in [6.07, 6.45) is 2.04. The van der Waals surface area contributed by atoms with Gasteiger partial charge in [0, 0.05) is 21.8 Å². The first-order valence-electron chi connectivity index (χ1n) is 8.06. The number of anilines is 1. The number of aromatic nitrogens is 2. The van der Waals surface area contributed by atoms with Crippen LogP contribution in [0.1, 0.15) is 27.7 Å². The summed E-state index contributed by atoms with van der Waals surface area (Å²) in [5.41, 5.74) is 2.84. The number of nitrogens with zero attached hydrogens (tertiary/aromatic N) is 2. The first kappa shape index (κ1) is 16.8. The molecular formula is C19H22BrN3O. The van der Waals surface area contributed by atoms with Crippen molar-refractivity contribution < 1.29 is 4.74 Å². The first-order chi connectivity index (χ1) is 11.4. The van der Waals surface area contributed by atoms with E-state index >= 15 is 0 Å². The van der Waals surface area contributed by atoms with Crippen molar-refractivity contribution in [3.05, 3.63) is 47.1 Å². The molecule has 0 spiro atoms. The summed E-state index contributed by atoms with van der Waals surface area (Å²) in [5, 5.41) is 3.59. The lowest BCUT2D eigenvalue weighted by Crippen LogP contribution is -2.27. The fraction of sp³-hybridized carbons (Fsp3) is 0.316. The first-order valence-corrected chi connectivity index (χ1v) is 8.86. The molecule has 1 aromatic carbocycles. The Morgan fingerprint density at radius 1 is 1.12 bits per heavy atom. The molecule has 2 aromatic heterocycles. The van der Waals surface area contributed by atoms with Gasteiger partial charge < -0.3 is 10.1 Å². The molecule has 24 heavy (non-hydrogen) atoms. The van der Waals surface area contributed by atoms with Crippen molar-refractivity contribution in [1.82, 2.24) is 9.38 Å². The van der Waals surface area contributed by atoms with Crippen LogP contribution in [0.5, 0.6) is 5.75 Å². The summed E-state index contributed by atoms with van der Waals surface area (Å²) in [4.78, 5) is 4.82. The van der Waals surface area contributed by atoms with Crippen molar-refractivity contribution in [2.24, 2.45) is 0 Å². The topological polar surface area (TPSA) is 38.6 Å². The highest BCUT2D eigenvalue weighted by atomic mass is 79.9. The number of fused-ring (bicyclic) bond motifs is 1. The van der Waals surface area contributed by atoms with Crippen LogP contribution >= 0.6 is 15.9 Å². The Morgan fingerprint density at radius 3 is 2.46 bits per heavy atom. The van der Waals surface area contributed by atoms with Crippen molar-refractivity contribution in [3.8, 4) is 17.0 Å². The van der Waals surface area contributed by atoms with Crippen molar-refractivity contribution in [1.29, 1.82) is 0 Å². The van der Waals surface area contributed by atoms with E-state index in [1.807, 2.05) is 37.4 Å². The predicted octanol–water partition coefficient (Wildman–Crippen LogP) is 5.37. The van der Waals surface area contributed by atoms with Gasteiger partial charge in [0.05, 0.1) is 6.61 Å². The molecule has 0 aliphatic rings. The Bertz CT molecular complexity index is 847. The fourth-order valence-electron chi connectivity index (χ4n) is 2.57. The van der Waals surface area contributed by atoms with E-state index in [1.165, 1.54) is 0 Å². The number of hydrogen-bond donors (Lipinski definition) is 1. The number of benzene rings is 1. The number of hydrogen-bond acceptors (Lipinski definition) is 3. The molecule has 0 saturated carbocycles. The summed E-state index contributed by atoms with van der Waals surface area (Å²) in [6, 6.07) is 12.1. The maximum atomic E-state index is 5.53. The number of rotatable bonds is 4. The molecule has 0 radical (unpaired) electrons. The SMILES string of the molecule is CCOc1ccc(-c2nc3ccc(Br)cn3c2NC(C)(C)C)cc1. The summed E-state index contributed by atoms with van der Waals surface area (Å²) in [7, 11) is 0. The maximum absolute atomic E-state index is 5.53. The summed E-state index contributed by atoms with van der Waals surface area (Å²) < 4.78 is 8.64. The van der Waals surface area contributed by atoms with Crippen LogP contribution in [0.4, 0.5) is 5.82 Å². The van der Waals surface area contributed by atoms with Crippen LogP contribution in [-0.4, -0.2) is 21.5 Å². The molecular weight excluding hydrogens is 366 g/mol. The maximum Gasteiger partial charge on any atom is 0.139 e. The lowest BCUT2D eigenvalue weighted by Gasteiger charge is -2.22. The smallest absolute Gasteiger partial charge is 0.139 e. The average molecular weight is 388 g/mol. The molecule has 1 N–H and O–H groups in total. The average Bonchev–Trinajstić information content (AvgIpc) is 2.85. The van der Waals surface area contributed by atoms with Gasteiger partial charge in [-0.05, 0) is 80.0 Å². The molecule has 3 rings (SSSR count). The van der Waals surface area contributed by atoms with Crippen LogP contribution in [0, 0.1) is 0 Å². The van der Waals surface area contributed by atoms with Gasteiger partial charge in [-0.3, -0.25) is 4.40 Å². The van der Waals surface area contributed by atoms with Crippen molar-refractivity contribution in [3.63, 3.8) is 0 Å². The van der Waals surface area contributed by atoms with Crippen LogP contribution in [-0.2, 0) is 0 Å².